The average molecular weight is 153 g/mol. The van der Waals surface area contributed by atoms with Gasteiger partial charge in [-0.15, -0.1) is 0 Å². The Balaban J connectivity index is 2.71. The van der Waals surface area contributed by atoms with Crippen LogP contribution < -0.4 is 5.43 Å². The molecule has 0 bridgehead atoms. The number of nitrogens with one attached hydrogen (secondary N) is 2. The van der Waals surface area contributed by atoms with Crippen molar-refractivity contribution in [2.75, 3.05) is 6.54 Å². The van der Waals surface area contributed by atoms with Gasteiger partial charge in [-0.25, -0.2) is 5.43 Å². The van der Waals surface area contributed by atoms with E-state index in [1.807, 2.05) is 18.0 Å². The first-order chi connectivity index (χ1) is 5.13. The quantitative estimate of drug-likeness (QED) is 0.584. The molecule has 1 aliphatic rings. The number of nitrogens with zero attached hydrogens (tertiary/aromatic N) is 1. The van der Waals surface area contributed by atoms with Crippen molar-refractivity contribution < 1.29 is 0 Å². The standard InChI is InChI=1S/C8H15N3/c1-6(2)11-8(7(3)9)4-5-10-11/h4,6,9-10H,5H2,1-3H3. The summed E-state index contributed by atoms with van der Waals surface area (Å²) in [5, 5.41) is 9.50. The lowest BCUT2D eigenvalue weighted by Crippen LogP contribution is -2.39. The number of hydrazine groups is 1. The van der Waals surface area contributed by atoms with Crippen LogP contribution in [0.2, 0.25) is 0 Å². The first kappa shape index (κ1) is 8.27. The van der Waals surface area contributed by atoms with Crippen LogP contribution in [0.25, 0.3) is 0 Å². The molecular weight excluding hydrogens is 138 g/mol. The van der Waals surface area contributed by atoms with Gasteiger partial charge in [0.25, 0.3) is 0 Å². The zero-order chi connectivity index (χ0) is 8.43. The van der Waals surface area contributed by atoms with Crippen molar-refractivity contribution in [2.24, 2.45) is 0 Å². The fourth-order valence-electron chi connectivity index (χ4n) is 1.22. The second-order valence-electron chi connectivity index (χ2n) is 3.04. The highest BCUT2D eigenvalue weighted by Crippen LogP contribution is 2.11. The summed E-state index contributed by atoms with van der Waals surface area (Å²) in [6.07, 6.45) is 2.04. The van der Waals surface area contributed by atoms with Gasteiger partial charge in [-0.05, 0) is 26.8 Å². The van der Waals surface area contributed by atoms with E-state index >= 15 is 0 Å². The zero-order valence-corrected chi connectivity index (χ0v) is 7.31. The van der Waals surface area contributed by atoms with Gasteiger partial charge in [0.15, 0.2) is 0 Å². The fraction of sp³-hybridized carbons (Fsp3) is 0.625. The van der Waals surface area contributed by atoms with Gasteiger partial charge in [0, 0.05) is 12.6 Å². The molecule has 0 saturated carbocycles. The molecule has 0 aromatic carbocycles. The lowest BCUT2D eigenvalue weighted by molar-refractivity contribution is 0.238. The third kappa shape index (κ3) is 1.60. The van der Waals surface area contributed by atoms with Gasteiger partial charge in [-0.3, -0.25) is 0 Å². The molecule has 2 N–H and O–H groups in total. The van der Waals surface area contributed by atoms with Crippen molar-refractivity contribution >= 4 is 5.71 Å². The maximum absolute atomic E-state index is 7.47. The highest BCUT2D eigenvalue weighted by molar-refractivity contribution is 5.95. The van der Waals surface area contributed by atoms with E-state index in [0.29, 0.717) is 11.8 Å². The molecule has 0 saturated heterocycles. The molecule has 0 unspecified atom stereocenters. The molecule has 3 nitrogen and oxygen atoms in total. The predicted molar refractivity (Wildman–Crippen MR) is 46.5 cm³/mol. The van der Waals surface area contributed by atoms with Crippen LogP contribution in [0.4, 0.5) is 0 Å². The molecule has 1 aliphatic heterocycles. The van der Waals surface area contributed by atoms with Gasteiger partial charge in [-0.2, -0.15) is 0 Å². The Hall–Kier alpha value is -0.830. The van der Waals surface area contributed by atoms with Crippen molar-refractivity contribution in [1.82, 2.24) is 10.4 Å². The van der Waals surface area contributed by atoms with E-state index in [4.69, 9.17) is 5.41 Å². The molecule has 0 aromatic rings. The smallest absolute Gasteiger partial charge is 0.0701 e. The predicted octanol–water partition coefficient (Wildman–Crippen LogP) is 1.14. The van der Waals surface area contributed by atoms with E-state index in [1.165, 1.54) is 0 Å². The van der Waals surface area contributed by atoms with E-state index in [1.54, 1.807) is 0 Å². The zero-order valence-electron chi connectivity index (χ0n) is 7.31. The van der Waals surface area contributed by atoms with Crippen molar-refractivity contribution in [3.63, 3.8) is 0 Å². The molecule has 3 heteroatoms. The molecule has 62 valence electrons. The number of allylic oxidation sites excluding steroid dienone is 1. The van der Waals surface area contributed by atoms with E-state index in [-0.39, 0.29) is 0 Å². The molecule has 0 atom stereocenters. The van der Waals surface area contributed by atoms with E-state index < -0.39 is 0 Å². The Kier molecular flexibility index (Phi) is 2.29. The first-order valence-corrected chi connectivity index (χ1v) is 3.91. The molecule has 0 spiro atoms. The largest absolute Gasteiger partial charge is 0.304 e. The molecular formula is C8H15N3. The minimum Gasteiger partial charge on any atom is -0.304 e. The highest BCUT2D eigenvalue weighted by Gasteiger charge is 2.18. The second kappa shape index (κ2) is 3.05. The lowest BCUT2D eigenvalue weighted by atomic mass is 10.2. The summed E-state index contributed by atoms with van der Waals surface area (Å²) >= 11 is 0. The van der Waals surface area contributed by atoms with E-state index in [9.17, 15) is 0 Å². The van der Waals surface area contributed by atoms with Crippen LogP contribution in [0, 0.1) is 5.41 Å². The second-order valence-corrected chi connectivity index (χ2v) is 3.04. The summed E-state index contributed by atoms with van der Waals surface area (Å²) in [6, 6.07) is 0.420. The van der Waals surface area contributed by atoms with Gasteiger partial charge >= 0.3 is 0 Å². The summed E-state index contributed by atoms with van der Waals surface area (Å²) in [4.78, 5) is 0. The Morgan fingerprint density at radius 2 is 2.36 bits per heavy atom. The van der Waals surface area contributed by atoms with Crippen LogP contribution in [0.5, 0.6) is 0 Å². The van der Waals surface area contributed by atoms with E-state index in [0.717, 1.165) is 12.2 Å². The van der Waals surface area contributed by atoms with Crippen LogP contribution in [0.1, 0.15) is 20.8 Å². The lowest BCUT2D eigenvalue weighted by Gasteiger charge is -2.25. The van der Waals surface area contributed by atoms with Crippen molar-refractivity contribution in [3.05, 3.63) is 11.8 Å². The summed E-state index contributed by atoms with van der Waals surface area (Å²) in [5.41, 5.74) is 4.83. The third-order valence-electron chi connectivity index (χ3n) is 1.72. The molecule has 0 radical (unpaired) electrons. The molecule has 0 fully saturated rings. The SMILES string of the molecule is CC(=N)C1=CCNN1C(C)C. The number of hydrogen-bond acceptors (Lipinski definition) is 3. The minimum atomic E-state index is 0.420. The normalized spacial score (nSPS) is 17.5. The molecule has 11 heavy (non-hydrogen) atoms. The van der Waals surface area contributed by atoms with Crippen molar-refractivity contribution in [3.8, 4) is 0 Å². The Labute approximate surface area is 67.6 Å². The fourth-order valence-corrected chi connectivity index (χ4v) is 1.22. The van der Waals surface area contributed by atoms with Crippen molar-refractivity contribution in [1.29, 1.82) is 5.41 Å². The minimum absolute atomic E-state index is 0.420. The Morgan fingerprint density at radius 1 is 1.73 bits per heavy atom. The maximum Gasteiger partial charge on any atom is 0.0701 e. The molecule has 1 heterocycles. The highest BCUT2D eigenvalue weighted by atomic mass is 15.5. The van der Waals surface area contributed by atoms with Gasteiger partial charge < -0.3 is 10.4 Å². The number of hydrogen-bond donors (Lipinski definition) is 2. The van der Waals surface area contributed by atoms with E-state index in [2.05, 4.69) is 19.3 Å². The van der Waals surface area contributed by atoms with Crippen LogP contribution in [-0.4, -0.2) is 23.3 Å². The van der Waals surface area contributed by atoms with Crippen molar-refractivity contribution in [2.45, 2.75) is 26.8 Å². The summed E-state index contributed by atoms with van der Waals surface area (Å²) < 4.78 is 0. The molecule has 0 aliphatic carbocycles. The summed E-state index contributed by atoms with van der Waals surface area (Å²) in [6.45, 7) is 6.88. The average Bonchev–Trinajstić information content (AvgIpc) is 2.32. The molecule has 0 aromatic heterocycles. The van der Waals surface area contributed by atoms with Gasteiger partial charge in [0.1, 0.15) is 0 Å². The monoisotopic (exact) mass is 153 g/mol. The van der Waals surface area contributed by atoms with Crippen LogP contribution in [-0.2, 0) is 0 Å². The molecule has 0 amide bonds. The maximum atomic E-state index is 7.47. The summed E-state index contributed by atoms with van der Waals surface area (Å²) in [7, 11) is 0. The third-order valence-corrected chi connectivity index (χ3v) is 1.72. The molecule has 1 rings (SSSR count). The number of rotatable bonds is 2. The van der Waals surface area contributed by atoms with Gasteiger partial charge in [0.05, 0.1) is 11.4 Å². The first-order valence-electron chi connectivity index (χ1n) is 3.91. The van der Waals surface area contributed by atoms with Crippen LogP contribution >= 0.6 is 0 Å². The van der Waals surface area contributed by atoms with Crippen LogP contribution in [0.15, 0.2) is 11.8 Å². The summed E-state index contributed by atoms with van der Waals surface area (Å²) in [5.74, 6) is 0. The Morgan fingerprint density at radius 3 is 2.73 bits per heavy atom. The van der Waals surface area contributed by atoms with Gasteiger partial charge in [-0.1, -0.05) is 0 Å². The van der Waals surface area contributed by atoms with Gasteiger partial charge in [0.2, 0.25) is 0 Å². The topological polar surface area (TPSA) is 39.1 Å². The van der Waals surface area contributed by atoms with Crippen LogP contribution in [0.3, 0.4) is 0 Å². The Bertz CT molecular complexity index is 194.